The van der Waals surface area contributed by atoms with Crippen molar-refractivity contribution in [3.8, 4) is 0 Å². The molecule has 1 amide bonds. The number of hydrogen-bond donors (Lipinski definition) is 1. The molecule has 122 valence electrons. The summed E-state index contributed by atoms with van der Waals surface area (Å²) in [7, 11) is -3.76. The summed E-state index contributed by atoms with van der Waals surface area (Å²) >= 11 is 0. The van der Waals surface area contributed by atoms with Gasteiger partial charge in [0.1, 0.15) is 0 Å². The second kappa shape index (κ2) is 8.83. The molecule has 1 rings (SSSR count). The summed E-state index contributed by atoms with van der Waals surface area (Å²) < 4.78 is 23.2. The molecule has 1 aromatic rings. The van der Waals surface area contributed by atoms with Crippen molar-refractivity contribution >= 4 is 19.3 Å². The van der Waals surface area contributed by atoms with E-state index < -0.39 is 25.1 Å². The van der Waals surface area contributed by atoms with Crippen LogP contribution in [-0.2, 0) is 18.4 Å². The van der Waals surface area contributed by atoms with Crippen LogP contribution in [0.25, 0.3) is 0 Å². The smallest absolute Gasteiger partial charge is 0.332 e. The van der Waals surface area contributed by atoms with Crippen molar-refractivity contribution in [2.24, 2.45) is 0 Å². The van der Waals surface area contributed by atoms with Gasteiger partial charge in [-0.25, -0.2) is 0 Å². The summed E-state index contributed by atoms with van der Waals surface area (Å²) in [5, 5.41) is 2.49. The van der Waals surface area contributed by atoms with Gasteiger partial charge in [0.15, 0.2) is 11.6 Å². The molecule has 0 bridgehead atoms. The van der Waals surface area contributed by atoms with Crippen LogP contribution in [0.4, 0.5) is 0 Å². The van der Waals surface area contributed by atoms with Gasteiger partial charge in [-0.3, -0.25) is 14.2 Å². The Hall–Kier alpha value is -1.49. The Morgan fingerprint density at radius 3 is 2.09 bits per heavy atom. The normalized spacial score (nSPS) is 12.7. The molecule has 0 aromatic heterocycles. The Balaban J connectivity index is 3.05. The van der Waals surface area contributed by atoms with Crippen LogP contribution in [0.3, 0.4) is 0 Å². The van der Waals surface area contributed by atoms with E-state index in [0.29, 0.717) is 5.56 Å². The zero-order valence-corrected chi connectivity index (χ0v) is 14.0. The van der Waals surface area contributed by atoms with Crippen molar-refractivity contribution in [3.63, 3.8) is 0 Å². The maximum atomic E-state index is 12.8. The van der Waals surface area contributed by atoms with E-state index in [2.05, 4.69) is 5.32 Å². The van der Waals surface area contributed by atoms with Gasteiger partial charge in [-0.15, -0.1) is 0 Å². The van der Waals surface area contributed by atoms with Crippen LogP contribution < -0.4 is 5.32 Å². The van der Waals surface area contributed by atoms with Gasteiger partial charge < -0.3 is 14.4 Å². The molecule has 0 saturated carbocycles. The zero-order valence-electron chi connectivity index (χ0n) is 13.1. The Labute approximate surface area is 130 Å². The van der Waals surface area contributed by atoms with Crippen molar-refractivity contribution in [2.75, 3.05) is 13.2 Å². The first-order valence-corrected chi connectivity index (χ1v) is 8.87. The number of rotatable bonds is 9. The second-order valence-electron chi connectivity index (χ2n) is 4.44. The number of hydrogen-bond acceptors (Lipinski definition) is 5. The first-order chi connectivity index (χ1) is 10.5. The lowest BCUT2D eigenvalue weighted by molar-refractivity contribution is -0.119. The Morgan fingerprint density at radius 2 is 1.64 bits per heavy atom. The van der Waals surface area contributed by atoms with Gasteiger partial charge in [0.2, 0.25) is 0 Å². The molecule has 0 aliphatic carbocycles. The molecular formula is C15H22NO5P. The van der Waals surface area contributed by atoms with E-state index in [1.165, 1.54) is 0 Å². The van der Waals surface area contributed by atoms with Crippen LogP contribution in [0.5, 0.6) is 0 Å². The Bertz CT molecular complexity index is 536. The van der Waals surface area contributed by atoms with Crippen LogP contribution >= 0.6 is 7.60 Å². The monoisotopic (exact) mass is 327 g/mol. The molecule has 0 saturated heterocycles. The molecule has 1 unspecified atom stereocenters. The Kier molecular flexibility index (Phi) is 7.45. The average Bonchev–Trinajstić information content (AvgIpc) is 2.52. The van der Waals surface area contributed by atoms with Crippen LogP contribution in [-0.4, -0.2) is 30.7 Å². The summed E-state index contributed by atoms with van der Waals surface area (Å²) in [6, 6.07) is 8.40. The first-order valence-electron chi connectivity index (χ1n) is 7.25. The van der Waals surface area contributed by atoms with Gasteiger partial charge in [0, 0.05) is 12.0 Å². The third kappa shape index (κ3) is 4.77. The number of amides is 1. The molecule has 1 N–H and O–H groups in total. The minimum Gasteiger partial charge on any atom is -0.332 e. The summed E-state index contributed by atoms with van der Waals surface area (Å²) in [4.78, 5) is 24.4. The molecule has 0 radical (unpaired) electrons. The molecule has 22 heavy (non-hydrogen) atoms. The molecule has 0 spiro atoms. The quantitative estimate of drug-likeness (QED) is 0.705. The van der Waals surface area contributed by atoms with Crippen molar-refractivity contribution < 1.29 is 23.2 Å². The molecule has 0 heterocycles. The molecule has 0 aliphatic heterocycles. The maximum Gasteiger partial charge on any atom is 0.360 e. The fourth-order valence-electron chi connectivity index (χ4n) is 1.87. The first kappa shape index (κ1) is 18.6. The van der Waals surface area contributed by atoms with Crippen LogP contribution in [0.2, 0.25) is 0 Å². The SMILES string of the molecule is CCOP(=O)(OCC)C(NC(=O)c1ccccc1)C(=O)CC. The minimum absolute atomic E-state index is 0.115. The van der Waals surface area contributed by atoms with Gasteiger partial charge in [-0.1, -0.05) is 25.1 Å². The van der Waals surface area contributed by atoms with Crippen LogP contribution in [0, 0.1) is 0 Å². The molecular weight excluding hydrogens is 305 g/mol. The molecule has 1 atom stereocenters. The highest BCUT2D eigenvalue weighted by molar-refractivity contribution is 7.55. The summed E-state index contributed by atoms with van der Waals surface area (Å²) in [6.45, 7) is 5.17. The molecule has 0 fully saturated rings. The number of carbonyl (C=O) groups is 2. The van der Waals surface area contributed by atoms with E-state index >= 15 is 0 Å². The van der Waals surface area contributed by atoms with E-state index in [1.807, 2.05) is 0 Å². The number of ketones is 1. The highest BCUT2D eigenvalue weighted by atomic mass is 31.2. The third-order valence-electron chi connectivity index (χ3n) is 2.89. The van der Waals surface area contributed by atoms with Crippen molar-refractivity contribution in [1.29, 1.82) is 0 Å². The third-order valence-corrected chi connectivity index (χ3v) is 5.18. The van der Waals surface area contributed by atoms with Gasteiger partial charge in [-0.05, 0) is 26.0 Å². The van der Waals surface area contributed by atoms with E-state index in [1.54, 1.807) is 51.1 Å². The number of nitrogens with one attached hydrogen (secondary N) is 1. The number of Topliss-reactive ketones (excluding diaryl/α,β-unsaturated/α-hetero) is 1. The topological polar surface area (TPSA) is 81.7 Å². The fourth-order valence-corrected chi connectivity index (χ4v) is 3.78. The van der Waals surface area contributed by atoms with Crippen molar-refractivity contribution in [3.05, 3.63) is 35.9 Å². The van der Waals surface area contributed by atoms with Gasteiger partial charge in [-0.2, -0.15) is 0 Å². The lowest BCUT2D eigenvalue weighted by Crippen LogP contribution is -2.41. The summed E-state index contributed by atoms with van der Waals surface area (Å²) in [5.74, 6) is -2.19. The fraction of sp³-hybridized carbons (Fsp3) is 0.467. The molecule has 7 heteroatoms. The van der Waals surface area contributed by atoms with Gasteiger partial charge in [0.25, 0.3) is 5.91 Å². The lowest BCUT2D eigenvalue weighted by Gasteiger charge is -2.25. The average molecular weight is 327 g/mol. The molecule has 0 aliphatic rings. The van der Waals surface area contributed by atoms with E-state index in [9.17, 15) is 14.2 Å². The summed E-state index contributed by atoms with van der Waals surface area (Å²) in [5.41, 5.74) is 0.371. The van der Waals surface area contributed by atoms with Crippen molar-refractivity contribution in [1.82, 2.24) is 5.32 Å². The highest BCUT2D eigenvalue weighted by Crippen LogP contribution is 2.52. The predicted molar refractivity (Wildman–Crippen MR) is 83.9 cm³/mol. The van der Waals surface area contributed by atoms with Gasteiger partial charge in [0.05, 0.1) is 13.2 Å². The van der Waals surface area contributed by atoms with E-state index in [0.717, 1.165) is 0 Å². The zero-order chi connectivity index (χ0) is 16.6. The Morgan fingerprint density at radius 1 is 1.09 bits per heavy atom. The highest BCUT2D eigenvalue weighted by Gasteiger charge is 2.41. The van der Waals surface area contributed by atoms with Crippen LogP contribution in [0.15, 0.2) is 30.3 Å². The molecule has 6 nitrogen and oxygen atoms in total. The predicted octanol–water partition coefficient (Wildman–Crippen LogP) is 2.99. The summed E-state index contributed by atoms with van der Waals surface area (Å²) in [6.07, 6.45) is 0.115. The van der Waals surface area contributed by atoms with Crippen molar-refractivity contribution in [2.45, 2.75) is 33.0 Å². The minimum atomic E-state index is -3.76. The number of benzene rings is 1. The van der Waals surface area contributed by atoms with E-state index in [4.69, 9.17) is 9.05 Å². The standard InChI is InChI=1S/C15H22NO5P/c1-4-13(17)15(22(19,20-5-2)21-6-3)16-14(18)12-10-8-7-9-11-12/h7-11,15H,4-6H2,1-3H3,(H,16,18). The second-order valence-corrected chi connectivity index (χ2v) is 6.55. The molecule has 1 aromatic carbocycles. The van der Waals surface area contributed by atoms with E-state index in [-0.39, 0.29) is 19.6 Å². The number of carbonyl (C=O) groups excluding carboxylic acids is 2. The van der Waals surface area contributed by atoms with Crippen LogP contribution in [0.1, 0.15) is 37.6 Å². The largest absolute Gasteiger partial charge is 0.360 e. The van der Waals surface area contributed by atoms with Gasteiger partial charge >= 0.3 is 7.60 Å². The maximum absolute atomic E-state index is 12.8. The lowest BCUT2D eigenvalue weighted by atomic mass is 10.2.